The molecule has 2 aromatic carbocycles. The van der Waals surface area contributed by atoms with Crippen molar-refractivity contribution in [1.82, 2.24) is 34.5 Å². The Bertz CT molecular complexity index is 4390. The van der Waals surface area contributed by atoms with Crippen molar-refractivity contribution in [2.24, 2.45) is 40.7 Å². The summed E-state index contributed by atoms with van der Waals surface area (Å²) in [5, 5.41) is 57.4. The Balaban J connectivity index is 0.620. The highest BCUT2D eigenvalue weighted by atomic mass is 16.6. The smallest absolute Gasteiger partial charge is 0.329 e. The molecule has 8 N–H and O–H groups in total. The molecule has 1 aliphatic carbocycles. The average Bonchev–Trinajstić information content (AvgIpc) is 1.53. The van der Waals surface area contributed by atoms with Crippen molar-refractivity contribution < 1.29 is 106 Å². The largest absolute Gasteiger partial charge is 0.460 e. The van der Waals surface area contributed by atoms with E-state index in [0.717, 1.165) is 28.7 Å². The maximum absolute atomic E-state index is 14.7. The van der Waals surface area contributed by atoms with E-state index in [0.29, 0.717) is 201 Å². The molecule has 16 atom stereocenters. The second kappa shape index (κ2) is 48.4. The van der Waals surface area contributed by atoms with Crippen LogP contribution in [0, 0.1) is 35.5 Å². The second-order valence-electron chi connectivity index (χ2n) is 33.6. The number of carbonyl (C=O) groups excluding carboxylic acids is 5. The maximum atomic E-state index is 14.7. The molecule has 1 saturated carbocycles. The Labute approximate surface area is 721 Å². The van der Waals surface area contributed by atoms with Gasteiger partial charge in [0.15, 0.2) is 23.6 Å². The number of oxazole rings is 1. The van der Waals surface area contributed by atoms with Gasteiger partial charge >= 0.3 is 5.97 Å². The molecular weight excluding hydrogens is 1590 g/mol. The average molecular weight is 1720 g/mol. The van der Waals surface area contributed by atoms with Crippen molar-refractivity contribution in [1.29, 1.82) is 0 Å². The first-order chi connectivity index (χ1) is 59.3. The summed E-state index contributed by atoms with van der Waals surface area (Å²) in [5.41, 5.74) is 20.4. The molecule has 0 spiro atoms. The Morgan fingerprint density at radius 3 is 2.15 bits per heavy atom. The lowest BCUT2D eigenvalue weighted by Crippen LogP contribution is -2.61. The molecule has 2 saturated heterocycles. The number of cyclic esters (lactones) is 1. The van der Waals surface area contributed by atoms with E-state index in [4.69, 9.17) is 77.9 Å². The van der Waals surface area contributed by atoms with E-state index in [2.05, 4.69) is 45.2 Å². The topological polar surface area (TPSA) is 418 Å². The van der Waals surface area contributed by atoms with E-state index in [1.807, 2.05) is 72.9 Å². The van der Waals surface area contributed by atoms with Crippen LogP contribution in [0.3, 0.4) is 0 Å². The summed E-state index contributed by atoms with van der Waals surface area (Å²) in [5.74, 6) is -7.16. The third-order valence-corrected chi connectivity index (χ3v) is 24.4. The number of nitrogens with zero attached hydrogens (tertiary/aromatic N) is 8. The van der Waals surface area contributed by atoms with Crippen LogP contribution in [0.1, 0.15) is 161 Å². The van der Waals surface area contributed by atoms with Crippen LogP contribution < -0.4 is 11.5 Å². The molecule has 3 aromatic heterocycles. The molecule has 2 bridgehead atoms. The summed E-state index contributed by atoms with van der Waals surface area (Å²) < 4.78 is 71.7. The standard InChI is InChI=1S/C91H132N10O22/c1-57-17-12-11-13-18-58(2)76(111-8)51-70-26-21-63(7)91(110,123-70)85(107)88(108)100-31-15-14-20-72(100)89(109)121-77(60(4)47-64-23-27-73(103)78(49-64)112-9)52-74(104)59(3)46-62(6)83(106)84(113-10)81(61(5)45-57)98-120-55-69(102)19-16-33-114-35-37-116-39-41-118-43-44-119-42-40-117-38-36-115-34-30-79(105)99-32-29-66-48-65(22-24-68(66)54-99)53-101-87-80(86(92)94-56-95-87)82(97-101)67-25-28-75-71(50-67)96-90(93)122-75/h11-13,17-18,22,24-25,28,46,48,50,56-57,59-61,63-64,70,72-74,76-78,83-84,103-104,106,110H,14-16,19-21,23,26-27,29-45,47,49,51-55H2,1-10H3,(H2,93,96)(H2,92,94,95)/b13-11+,17-12+,58-18+,62-46+,98-81?/t57-,59-,60-,61-,63-,64+,70+,72+,73-,74-,76+,77+,78-,83-,84+,91-/m1/s1. The number of esters is 1. The number of Topliss-reactive ketones (excluding diaryl/α,β-unsaturated/α-hetero) is 2. The maximum Gasteiger partial charge on any atom is 0.329 e. The number of oxime groups is 1. The first-order valence-electron chi connectivity index (χ1n) is 43.8. The number of piperidine rings is 1. The summed E-state index contributed by atoms with van der Waals surface area (Å²) in [7, 11) is 4.62. The van der Waals surface area contributed by atoms with E-state index >= 15 is 0 Å². The Hall–Kier alpha value is -8.32. The molecule has 2 amide bonds. The van der Waals surface area contributed by atoms with Crippen molar-refractivity contribution in [2.75, 3.05) is 132 Å². The number of carbonyl (C=O) groups is 5. The van der Waals surface area contributed by atoms with E-state index in [1.54, 1.807) is 47.1 Å². The molecule has 32 heteroatoms. The summed E-state index contributed by atoms with van der Waals surface area (Å²) >= 11 is 0. The number of rotatable bonds is 34. The summed E-state index contributed by atoms with van der Waals surface area (Å²) in [6.45, 7) is 18.7. The number of ketones is 2. The second-order valence-corrected chi connectivity index (χ2v) is 33.6. The Morgan fingerprint density at radius 1 is 0.732 bits per heavy atom. The third kappa shape index (κ3) is 27.6. The molecular formula is C91H132N10O22. The van der Waals surface area contributed by atoms with Gasteiger partial charge in [-0.15, -0.1) is 0 Å². The number of methoxy groups -OCH3 is 3. The number of ether oxygens (including phenoxy) is 11. The number of hydrogen-bond acceptors (Lipinski definition) is 29. The predicted molar refractivity (Wildman–Crippen MR) is 460 cm³/mol. The fraction of sp³-hybridized carbons (Fsp3) is 0.648. The van der Waals surface area contributed by atoms with E-state index < -0.39 is 84.1 Å². The molecule has 4 aliphatic heterocycles. The monoisotopic (exact) mass is 1720 g/mol. The summed E-state index contributed by atoms with van der Waals surface area (Å²) in [6, 6.07) is 10.8. The first-order valence-corrected chi connectivity index (χ1v) is 43.8. The van der Waals surface area contributed by atoms with Gasteiger partial charge in [-0.05, 0) is 155 Å². The number of aliphatic hydroxyl groups excluding tert-OH is 3. The Morgan fingerprint density at radius 2 is 1.45 bits per heavy atom. The van der Waals surface area contributed by atoms with Crippen LogP contribution in [0.25, 0.3) is 33.4 Å². The van der Waals surface area contributed by atoms with Gasteiger partial charge in [-0.3, -0.25) is 19.2 Å². The van der Waals surface area contributed by atoms with Gasteiger partial charge in [-0.25, -0.2) is 19.4 Å². The number of anilines is 2. The van der Waals surface area contributed by atoms with Gasteiger partial charge in [0.25, 0.3) is 17.7 Å². The molecule has 5 aromatic rings. The minimum atomic E-state index is -2.46. The fourth-order valence-corrected chi connectivity index (χ4v) is 17.1. The zero-order valence-corrected chi connectivity index (χ0v) is 73.4. The van der Waals surface area contributed by atoms with Crippen molar-refractivity contribution in [3.8, 4) is 11.3 Å². The fourth-order valence-electron chi connectivity index (χ4n) is 17.1. The Kier molecular flexibility index (Phi) is 38.1. The van der Waals surface area contributed by atoms with Gasteiger partial charge in [0.1, 0.15) is 47.7 Å². The van der Waals surface area contributed by atoms with Gasteiger partial charge in [-0.2, -0.15) is 10.1 Å². The molecule has 32 nitrogen and oxygen atoms in total. The molecule has 3 fully saturated rings. The molecule has 678 valence electrons. The number of allylic oxidation sites excluding steroid dienone is 5. The molecule has 5 aliphatic rings. The lowest BCUT2D eigenvalue weighted by molar-refractivity contribution is -0.265. The number of fused-ring (bicyclic) bond motifs is 6. The van der Waals surface area contributed by atoms with Crippen LogP contribution in [0.15, 0.2) is 99.9 Å². The van der Waals surface area contributed by atoms with Gasteiger partial charge in [-0.1, -0.05) is 94.4 Å². The zero-order chi connectivity index (χ0) is 88.1. The highest BCUT2D eigenvalue weighted by molar-refractivity contribution is 6.39. The van der Waals surface area contributed by atoms with Gasteiger partial charge in [0, 0.05) is 90.2 Å². The lowest BCUT2D eigenvalue weighted by atomic mass is 9.78. The summed E-state index contributed by atoms with van der Waals surface area (Å²) in [4.78, 5) is 92.1. The number of benzene rings is 2. The van der Waals surface area contributed by atoms with Gasteiger partial charge in [0.2, 0.25) is 11.7 Å². The van der Waals surface area contributed by atoms with E-state index in [1.165, 1.54) is 23.9 Å². The number of aliphatic hydroxyl groups is 4. The van der Waals surface area contributed by atoms with Crippen LogP contribution in [0.5, 0.6) is 0 Å². The highest BCUT2D eigenvalue weighted by Crippen LogP contribution is 2.40. The number of nitrogens with two attached hydrogens (primary N) is 2. The number of hydrogen-bond donors (Lipinski definition) is 6. The molecule has 123 heavy (non-hydrogen) atoms. The van der Waals surface area contributed by atoms with E-state index in [9.17, 15) is 44.4 Å². The molecule has 0 unspecified atom stereocenters. The predicted octanol–water partition coefficient (Wildman–Crippen LogP) is 9.36. The number of nitrogen functional groups attached to an aromatic ring is 2. The molecule has 0 radical (unpaired) electrons. The van der Waals surface area contributed by atoms with Gasteiger partial charge < -0.3 is 103 Å². The van der Waals surface area contributed by atoms with Crippen LogP contribution in [-0.4, -0.2) is 271 Å². The third-order valence-electron chi connectivity index (χ3n) is 24.4. The zero-order valence-electron chi connectivity index (χ0n) is 73.4. The van der Waals surface area contributed by atoms with Crippen molar-refractivity contribution in [2.45, 2.75) is 225 Å². The van der Waals surface area contributed by atoms with E-state index in [-0.39, 0.29) is 99.3 Å². The minimum Gasteiger partial charge on any atom is -0.460 e. The number of amides is 2. The summed E-state index contributed by atoms with van der Waals surface area (Å²) in [6.07, 6.45) is 13.4. The molecule has 10 rings (SSSR count). The van der Waals surface area contributed by atoms with Crippen molar-refractivity contribution in [3.63, 3.8) is 0 Å². The minimum absolute atomic E-state index is 0.0229. The molecule has 7 heterocycles. The lowest BCUT2D eigenvalue weighted by Gasteiger charge is -2.43. The first kappa shape index (κ1) is 96.9. The van der Waals surface area contributed by atoms with Crippen LogP contribution in [-0.2, 0) is 100 Å². The van der Waals surface area contributed by atoms with Gasteiger partial charge in [0.05, 0.1) is 127 Å². The number of aromatic nitrogens is 5. The SMILES string of the molecule is CO[C@H]1C[C@@H]2CC[C@@H](C)[C@@](O)(O2)C(=O)C(=O)N2CCCC[C@H]2C(=O)O[C@H]([C@H](C)C[C@@H]2CC[C@@H](O)[C@H](OC)C2)C[C@@H](O)[C@H](C)/C=C(\C)[C@@H](O)[C@@H](OC)C(=NOCC(=O)CCCOCCOCCOCCOCCOCCOCCC(=O)N2CCc3cc(Cn4nc(-c5ccc6oc(N)nc6c5)c5c(N)ncnc54)ccc3C2)[C@H](C)C[C@H](C)/C=C/C=C/C=C/1C. The quantitative estimate of drug-likeness (QED) is 0.00734. The van der Waals surface area contributed by atoms with Crippen LogP contribution in [0.4, 0.5) is 11.8 Å². The normalized spacial score (nSPS) is 28.4. The van der Waals surface area contributed by atoms with Crippen LogP contribution >= 0.6 is 0 Å². The van der Waals surface area contributed by atoms with Crippen molar-refractivity contribution in [3.05, 3.63) is 107 Å². The highest BCUT2D eigenvalue weighted by Gasteiger charge is 2.53. The van der Waals surface area contributed by atoms with Crippen LogP contribution in [0.2, 0.25) is 0 Å². The van der Waals surface area contributed by atoms with Crippen molar-refractivity contribution >= 4 is 69.0 Å².